The molecule has 0 heterocycles. The molecule has 1 fully saturated rings. The molecule has 2 aliphatic rings. The molecule has 0 bridgehead atoms. The minimum absolute atomic E-state index is 0.167. The number of aliphatic hydroxyl groups is 1. The maximum absolute atomic E-state index is 10.6. The van der Waals surface area contributed by atoms with Gasteiger partial charge in [-0.2, -0.15) is 0 Å². The van der Waals surface area contributed by atoms with Crippen molar-refractivity contribution < 1.29 is 10.2 Å². The molecule has 3 rings (SSSR count). The van der Waals surface area contributed by atoms with Gasteiger partial charge in [0.25, 0.3) is 0 Å². The molecule has 1 aromatic carbocycles. The third-order valence-corrected chi connectivity index (χ3v) is 5.37. The number of rotatable bonds is 3. The molecular formula is C18H27NO2. The highest BCUT2D eigenvalue weighted by molar-refractivity contribution is 5.50. The summed E-state index contributed by atoms with van der Waals surface area (Å²) >= 11 is 0. The molecule has 3 heteroatoms. The Morgan fingerprint density at radius 2 is 1.90 bits per heavy atom. The van der Waals surface area contributed by atoms with Crippen LogP contribution in [0.4, 0.5) is 0 Å². The molecule has 2 unspecified atom stereocenters. The molecule has 2 aliphatic carbocycles. The maximum Gasteiger partial charge on any atom is 0.120 e. The number of phenols is 1. The molecule has 1 aromatic rings. The lowest BCUT2D eigenvalue weighted by Gasteiger charge is -2.33. The summed E-state index contributed by atoms with van der Waals surface area (Å²) in [7, 11) is 0. The maximum atomic E-state index is 10.6. The largest absolute Gasteiger partial charge is 0.508 e. The second kappa shape index (κ2) is 5.62. The molecule has 2 atom stereocenters. The van der Waals surface area contributed by atoms with E-state index in [1.165, 1.54) is 17.5 Å². The molecular weight excluding hydrogens is 262 g/mol. The average Bonchev–Trinajstić information content (AvgIpc) is 2.80. The number of hydrogen-bond acceptors (Lipinski definition) is 3. The van der Waals surface area contributed by atoms with Crippen LogP contribution in [-0.2, 0) is 0 Å². The van der Waals surface area contributed by atoms with Crippen LogP contribution in [-0.4, -0.2) is 22.4 Å². The van der Waals surface area contributed by atoms with Crippen molar-refractivity contribution in [2.45, 2.75) is 69.9 Å². The fourth-order valence-electron chi connectivity index (χ4n) is 4.23. The zero-order valence-electron chi connectivity index (χ0n) is 13.2. The normalized spacial score (nSPS) is 27.6. The van der Waals surface area contributed by atoms with E-state index in [2.05, 4.69) is 19.2 Å². The van der Waals surface area contributed by atoms with E-state index >= 15 is 0 Å². The van der Waals surface area contributed by atoms with Gasteiger partial charge in [0, 0.05) is 18.2 Å². The summed E-state index contributed by atoms with van der Waals surface area (Å²) in [5, 5.41) is 24.4. The Morgan fingerprint density at radius 3 is 2.62 bits per heavy atom. The molecule has 0 aromatic heterocycles. The van der Waals surface area contributed by atoms with E-state index in [0.717, 1.165) is 37.7 Å². The second-order valence-electron chi connectivity index (χ2n) is 7.08. The first kappa shape index (κ1) is 14.9. The minimum atomic E-state index is -0.552. The molecule has 0 radical (unpaired) electrons. The summed E-state index contributed by atoms with van der Waals surface area (Å²) in [4.78, 5) is 0. The number of phenolic OH excluding ortho intramolecular Hbond substituents is 1. The lowest BCUT2D eigenvalue weighted by molar-refractivity contribution is 0.00247. The predicted molar refractivity (Wildman–Crippen MR) is 84.7 cm³/mol. The van der Waals surface area contributed by atoms with Crippen LogP contribution in [0, 0.1) is 6.92 Å². The van der Waals surface area contributed by atoms with Gasteiger partial charge >= 0.3 is 0 Å². The Morgan fingerprint density at radius 1 is 1.19 bits per heavy atom. The van der Waals surface area contributed by atoms with Crippen molar-refractivity contribution in [3.05, 3.63) is 28.8 Å². The van der Waals surface area contributed by atoms with Crippen LogP contribution in [0.25, 0.3) is 0 Å². The van der Waals surface area contributed by atoms with Gasteiger partial charge in [-0.3, -0.25) is 0 Å². The van der Waals surface area contributed by atoms with Crippen molar-refractivity contribution in [1.82, 2.24) is 5.32 Å². The van der Waals surface area contributed by atoms with Crippen LogP contribution < -0.4 is 5.32 Å². The first-order valence-corrected chi connectivity index (χ1v) is 8.28. The van der Waals surface area contributed by atoms with Gasteiger partial charge in [-0.05, 0) is 49.3 Å². The van der Waals surface area contributed by atoms with Crippen LogP contribution in [0.1, 0.15) is 74.1 Å². The number of hydrogen-bond donors (Lipinski definition) is 3. The van der Waals surface area contributed by atoms with Gasteiger partial charge in [0.1, 0.15) is 5.75 Å². The molecule has 0 spiro atoms. The lowest BCUT2D eigenvalue weighted by Crippen LogP contribution is -2.43. The monoisotopic (exact) mass is 289 g/mol. The highest BCUT2D eigenvalue weighted by atomic mass is 16.3. The summed E-state index contributed by atoms with van der Waals surface area (Å²) in [5.41, 5.74) is 3.06. The Balaban J connectivity index is 1.76. The number of aryl methyl sites for hydroxylation is 1. The van der Waals surface area contributed by atoms with E-state index in [-0.39, 0.29) is 6.04 Å². The number of benzene rings is 1. The zero-order valence-corrected chi connectivity index (χ0v) is 13.2. The van der Waals surface area contributed by atoms with E-state index in [4.69, 9.17) is 0 Å². The van der Waals surface area contributed by atoms with E-state index in [0.29, 0.717) is 18.2 Å². The van der Waals surface area contributed by atoms with Crippen LogP contribution in [0.15, 0.2) is 12.1 Å². The summed E-state index contributed by atoms with van der Waals surface area (Å²) in [6.45, 7) is 4.98. The molecule has 0 amide bonds. The summed E-state index contributed by atoms with van der Waals surface area (Å²) < 4.78 is 0. The van der Waals surface area contributed by atoms with Gasteiger partial charge in [0.15, 0.2) is 0 Å². The molecule has 0 saturated heterocycles. The van der Waals surface area contributed by atoms with Crippen molar-refractivity contribution in [3.8, 4) is 5.75 Å². The highest BCUT2D eigenvalue weighted by Crippen LogP contribution is 2.46. The quantitative estimate of drug-likeness (QED) is 0.798. The van der Waals surface area contributed by atoms with E-state index in [1.807, 2.05) is 6.07 Å². The first-order valence-electron chi connectivity index (χ1n) is 8.28. The predicted octanol–water partition coefficient (Wildman–Crippen LogP) is 3.53. The van der Waals surface area contributed by atoms with Crippen molar-refractivity contribution in [2.24, 2.45) is 0 Å². The second-order valence-corrected chi connectivity index (χ2v) is 7.08. The Hall–Kier alpha value is -1.06. The van der Waals surface area contributed by atoms with Crippen molar-refractivity contribution >= 4 is 0 Å². The lowest BCUT2D eigenvalue weighted by atomic mass is 9.84. The van der Waals surface area contributed by atoms with Crippen molar-refractivity contribution in [3.63, 3.8) is 0 Å². The topological polar surface area (TPSA) is 52.5 Å². The summed E-state index contributed by atoms with van der Waals surface area (Å²) in [6.07, 6.45) is 6.29. The van der Waals surface area contributed by atoms with Gasteiger partial charge in [0.2, 0.25) is 0 Å². The smallest absolute Gasteiger partial charge is 0.120 e. The van der Waals surface area contributed by atoms with Gasteiger partial charge in [-0.15, -0.1) is 0 Å². The van der Waals surface area contributed by atoms with Gasteiger partial charge in [-0.25, -0.2) is 0 Å². The van der Waals surface area contributed by atoms with Crippen LogP contribution in [0.5, 0.6) is 5.75 Å². The number of fused-ring (bicyclic) bond motifs is 1. The molecule has 3 nitrogen and oxygen atoms in total. The highest BCUT2D eigenvalue weighted by Gasteiger charge is 2.35. The zero-order chi connectivity index (χ0) is 15.0. The van der Waals surface area contributed by atoms with Gasteiger partial charge in [-0.1, -0.05) is 32.3 Å². The van der Waals surface area contributed by atoms with E-state index in [9.17, 15) is 10.2 Å². The summed E-state index contributed by atoms with van der Waals surface area (Å²) in [5.74, 6) is 0.860. The SMILES string of the molecule is Cc1ccc(O)c2c1C(C)CC2NCC1(O)CCCCC1. The molecule has 21 heavy (non-hydrogen) atoms. The van der Waals surface area contributed by atoms with Gasteiger partial charge < -0.3 is 15.5 Å². The van der Waals surface area contributed by atoms with Crippen LogP contribution in [0.2, 0.25) is 0 Å². The van der Waals surface area contributed by atoms with Crippen molar-refractivity contribution in [1.29, 1.82) is 0 Å². The third kappa shape index (κ3) is 2.82. The summed E-state index contributed by atoms with van der Waals surface area (Å²) in [6, 6.07) is 3.97. The Labute approximate surface area is 127 Å². The fourth-order valence-corrected chi connectivity index (χ4v) is 4.23. The van der Waals surface area contributed by atoms with Gasteiger partial charge in [0.05, 0.1) is 5.60 Å². The standard InChI is InChI=1S/C18H27NO2/c1-12-6-7-15(20)17-14(10-13(2)16(12)17)19-11-18(21)8-4-3-5-9-18/h6-7,13-14,19-21H,3-5,8-11H2,1-2H3. The first-order chi connectivity index (χ1) is 10.0. The Kier molecular flexibility index (Phi) is 3.98. The fraction of sp³-hybridized carbons (Fsp3) is 0.667. The molecule has 0 aliphatic heterocycles. The Bertz CT molecular complexity index is 520. The van der Waals surface area contributed by atoms with E-state index < -0.39 is 5.60 Å². The molecule has 1 saturated carbocycles. The van der Waals surface area contributed by atoms with Crippen LogP contribution in [0.3, 0.4) is 0 Å². The number of nitrogens with one attached hydrogen (secondary N) is 1. The number of aromatic hydroxyl groups is 1. The minimum Gasteiger partial charge on any atom is -0.508 e. The van der Waals surface area contributed by atoms with Crippen LogP contribution >= 0.6 is 0 Å². The van der Waals surface area contributed by atoms with E-state index in [1.54, 1.807) is 6.07 Å². The average molecular weight is 289 g/mol. The molecule has 116 valence electrons. The van der Waals surface area contributed by atoms with Crippen molar-refractivity contribution in [2.75, 3.05) is 6.54 Å². The molecule has 3 N–H and O–H groups in total. The third-order valence-electron chi connectivity index (χ3n) is 5.37.